The Hall–Kier alpha value is -1.23. The van der Waals surface area contributed by atoms with Crippen LogP contribution >= 0.6 is 23.2 Å². The normalized spacial score (nSPS) is 11.1. The van der Waals surface area contributed by atoms with E-state index in [9.17, 15) is 0 Å². The molecule has 2 rings (SSSR count). The number of ether oxygens (including phenoxy) is 1. The number of aryl methyl sites for hydroxylation is 1. The minimum Gasteiger partial charge on any atom is -0.487 e. The highest BCUT2D eigenvalue weighted by atomic mass is 35.5. The van der Waals surface area contributed by atoms with Crippen molar-refractivity contribution in [1.29, 1.82) is 0 Å². The van der Waals surface area contributed by atoms with Gasteiger partial charge in [0.25, 0.3) is 0 Å². The summed E-state index contributed by atoms with van der Waals surface area (Å²) in [6, 6.07) is 3.94. The van der Waals surface area contributed by atoms with Crippen molar-refractivity contribution in [2.45, 2.75) is 33.0 Å². The molecule has 0 aliphatic carbocycles. The van der Waals surface area contributed by atoms with E-state index < -0.39 is 0 Å². The van der Waals surface area contributed by atoms with E-state index in [4.69, 9.17) is 27.9 Å². The second-order valence-corrected chi connectivity index (χ2v) is 6.07. The van der Waals surface area contributed by atoms with Gasteiger partial charge in [-0.15, -0.1) is 0 Å². The Balaban J connectivity index is 2.15. The van der Waals surface area contributed by atoms with Gasteiger partial charge in [0, 0.05) is 42.0 Å². The van der Waals surface area contributed by atoms with Crippen molar-refractivity contribution < 1.29 is 4.74 Å². The van der Waals surface area contributed by atoms with E-state index >= 15 is 0 Å². The van der Waals surface area contributed by atoms with Gasteiger partial charge in [-0.05, 0) is 12.1 Å². The Morgan fingerprint density at radius 1 is 1.33 bits per heavy atom. The predicted octanol–water partition coefficient (Wildman–Crippen LogP) is 3.80. The Bertz CT molecular complexity index is 611. The topological polar surface area (TPSA) is 39.1 Å². The van der Waals surface area contributed by atoms with Crippen molar-refractivity contribution in [2.75, 3.05) is 0 Å². The highest BCUT2D eigenvalue weighted by Crippen LogP contribution is 2.33. The standard InChI is InChI=1S/C15H19Cl2N3O/c1-10(2)18-7-12-4-13(16)5-14(17)15(12)21-9-11-6-19-20(3)8-11/h4-6,8,10,18H,7,9H2,1-3H3. The van der Waals surface area contributed by atoms with Crippen LogP contribution in [0.1, 0.15) is 25.0 Å². The smallest absolute Gasteiger partial charge is 0.142 e. The van der Waals surface area contributed by atoms with Crippen LogP contribution in [0.15, 0.2) is 24.5 Å². The van der Waals surface area contributed by atoms with Gasteiger partial charge in [-0.25, -0.2) is 0 Å². The zero-order valence-electron chi connectivity index (χ0n) is 12.4. The molecular weight excluding hydrogens is 309 g/mol. The second-order valence-electron chi connectivity index (χ2n) is 5.22. The van der Waals surface area contributed by atoms with E-state index in [1.165, 1.54) is 0 Å². The fourth-order valence-corrected chi connectivity index (χ4v) is 2.51. The maximum absolute atomic E-state index is 6.26. The molecule has 0 aliphatic rings. The molecule has 0 radical (unpaired) electrons. The molecule has 0 atom stereocenters. The van der Waals surface area contributed by atoms with E-state index in [2.05, 4.69) is 24.3 Å². The summed E-state index contributed by atoms with van der Waals surface area (Å²) in [5.74, 6) is 0.665. The third-order valence-electron chi connectivity index (χ3n) is 2.93. The van der Waals surface area contributed by atoms with Crippen molar-refractivity contribution in [3.8, 4) is 5.75 Å². The summed E-state index contributed by atoms with van der Waals surface area (Å²) in [5.41, 5.74) is 1.94. The first kappa shape index (κ1) is 16.1. The number of aromatic nitrogens is 2. The number of nitrogens with zero attached hydrogens (tertiary/aromatic N) is 2. The first-order chi connectivity index (χ1) is 9.95. The van der Waals surface area contributed by atoms with Gasteiger partial charge in [0.1, 0.15) is 12.4 Å². The molecule has 1 N–H and O–H groups in total. The fourth-order valence-electron chi connectivity index (χ4n) is 1.92. The lowest BCUT2D eigenvalue weighted by atomic mass is 10.2. The van der Waals surface area contributed by atoms with Gasteiger partial charge in [0.15, 0.2) is 0 Å². The van der Waals surface area contributed by atoms with Crippen LogP contribution < -0.4 is 10.1 Å². The van der Waals surface area contributed by atoms with Crippen molar-refractivity contribution in [3.63, 3.8) is 0 Å². The molecule has 6 heteroatoms. The number of hydrogen-bond acceptors (Lipinski definition) is 3. The Morgan fingerprint density at radius 2 is 2.10 bits per heavy atom. The van der Waals surface area contributed by atoms with Crippen molar-refractivity contribution in [3.05, 3.63) is 45.7 Å². The number of rotatable bonds is 6. The van der Waals surface area contributed by atoms with Gasteiger partial charge < -0.3 is 10.1 Å². The molecule has 0 saturated heterocycles. The third-order valence-corrected chi connectivity index (χ3v) is 3.43. The lowest BCUT2D eigenvalue weighted by Crippen LogP contribution is -2.22. The molecule has 114 valence electrons. The molecule has 1 aromatic heterocycles. The van der Waals surface area contributed by atoms with Gasteiger partial charge in [-0.2, -0.15) is 5.10 Å². The Kier molecular flexibility index (Phi) is 5.51. The molecule has 1 heterocycles. The SMILES string of the molecule is CC(C)NCc1cc(Cl)cc(Cl)c1OCc1cnn(C)c1. The zero-order chi connectivity index (χ0) is 15.4. The second kappa shape index (κ2) is 7.16. The molecule has 0 fully saturated rings. The van der Waals surface area contributed by atoms with Gasteiger partial charge in [-0.1, -0.05) is 37.0 Å². The van der Waals surface area contributed by atoms with Crippen LogP contribution in [-0.2, 0) is 20.2 Å². The summed E-state index contributed by atoms with van der Waals surface area (Å²) in [6.07, 6.45) is 3.69. The van der Waals surface area contributed by atoms with E-state index in [1.54, 1.807) is 16.9 Å². The van der Waals surface area contributed by atoms with Gasteiger partial charge in [0.2, 0.25) is 0 Å². The highest BCUT2D eigenvalue weighted by Gasteiger charge is 2.12. The van der Waals surface area contributed by atoms with Crippen LogP contribution in [0.5, 0.6) is 5.75 Å². The van der Waals surface area contributed by atoms with Crippen LogP contribution in [0.2, 0.25) is 10.0 Å². The minimum absolute atomic E-state index is 0.369. The number of hydrogen-bond donors (Lipinski definition) is 1. The number of nitrogens with one attached hydrogen (secondary N) is 1. The van der Waals surface area contributed by atoms with E-state index in [1.807, 2.05) is 19.3 Å². The number of benzene rings is 1. The molecular formula is C15H19Cl2N3O. The van der Waals surface area contributed by atoms with Gasteiger partial charge in [-0.3, -0.25) is 4.68 Å². The number of halogens is 2. The van der Waals surface area contributed by atoms with Crippen molar-refractivity contribution in [1.82, 2.24) is 15.1 Å². The first-order valence-electron chi connectivity index (χ1n) is 6.77. The molecule has 0 spiro atoms. The highest BCUT2D eigenvalue weighted by molar-refractivity contribution is 6.35. The molecule has 0 saturated carbocycles. The van der Waals surface area contributed by atoms with E-state index in [0.717, 1.165) is 11.1 Å². The van der Waals surface area contributed by atoms with Crippen molar-refractivity contribution in [2.24, 2.45) is 7.05 Å². The Labute approximate surface area is 135 Å². The predicted molar refractivity (Wildman–Crippen MR) is 86.0 cm³/mol. The van der Waals surface area contributed by atoms with Gasteiger partial charge in [0.05, 0.1) is 11.2 Å². The average molecular weight is 328 g/mol. The van der Waals surface area contributed by atoms with Crippen molar-refractivity contribution >= 4 is 23.2 Å². The molecule has 0 bridgehead atoms. The molecule has 1 aromatic carbocycles. The van der Waals surface area contributed by atoms with Crippen LogP contribution in [0, 0.1) is 0 Å². The molecule has 4 nitrogen and oxygen atoms in total. The minimum atomic E-state index is 0.369. The van der Waals surface area contributed by atoms with E-state index in [0.29, 0.717) is 35.0 Å². The summed E-state index contributed by atoms with van der Waals surface area (Å²) in [5, 5.41) is 8.59. The third kappa shape index (κ3) is 4.63. The monoisotopic (exact) mass is 327 g/mol. The summed E-state index contributed by atoms with van der Waals surface area (Å²) < 4.78 is 7.61. The van der Waals surface area contributed by atoms with Crippen LogP contribution in [0.3, 0.4) is 0 Å². The quantitative estimate of drug-likeness (QED) is 0.876. The molecule has 0 amide bonds. The largest absolute Gasteiger partial charge is 0.487 e. The Morgan fingerprint density at radius 3 is 2.71 bits per heavy atom. The maximum atomic E-state index is 6.26. The van der Waals surface area contributed by atoms with Crippen LogP contribution in [-0.4, -0.2) is 15.8 Å². The molecule has 2 aromatic rings. The summed E-state index contributed by atoms with van der Waals surface area (Å²) in [6.45, 7) is 5.24. The first-order valence-corrected chi connectivity index (χ1v) is 7.53. The lowest BCUT2D eigenvalue weighted by Gasteiger charge is -2.15. The van der Waals surface area contributed by atoms with Crippen LogP contribution in [0.25, 0.3) is 0 Å². The summed E-state index contributed by atoms with van der Waals surface area (Å²) in [4.78, 5) is 0. The molecule has 21 heavy (non-hydrogen) atoms. The molecule has 0 aliphatic heterocycles. The molecule has 0 unspecified atom stereocenters. The average Bonchev–Trinajstić information content (AvgIpc) is 2.80. The fraction of sp³-hybridized carbons (Fsp3) is 0.400. The lowest BCUT2D eigenvalue weighted by molar-refractivity contribution is 0.302. The summed E-state index contributed by atoms with van der Waals surface area (Å²) in [7, 11) is 1.87. The maximum Gasteiger partial charge on any atom is 0.142 e. The van der Waals surface area contributed by atoms with Crippen LogP contribution in [0.4, 0.5) is 0 Å². The van der Waals surface area contributed by atoms with E-state index in [-0.39, 0.29) is 0 Å². The zero-order valence-corrected chi connectivity index (χ0v) is 13.9. The summed E-state index contributed by atoms with van der Waals surface area (Å²) >= 11 is 12.3. The van der Waals surface area contributed by atoms with Gasteiger partial charge >= 0.3 is 0 Å².